The minimum absolute atomic E-state index is 0.486. The van der Waals surface area contributed by atoms with Crippen LogP contribution in [-0.4, -0.2) is 29.7 Å². The average molecular weight is 383 g/mol. The van der Waals surface area contributed by atoms with Crippen LogP contribution in [0.2, 0.25) is 31.6 Å². The summed E-state index contributed by atoms with van der Waals surface area (Å²) < 4.78 is 11.4. The Bertz CT molecular complexity index is 153. The van der Waals surface area contributed by atoms with Gasteiger partial charge in [-0.15, -0.1) is 0 Å². The summed E-state index contributed by atoms with van der Waals surface area (Å²) in [5.74, 6) is 0. The quantitative estimate of drug-likeness (QED) is 0.722. The Balaban J connectivity index is 4.44. The van der Waals surface area contributed by atoms with E-state index in [2.05, 4.69) is 50.1 Å². The summed E-state index contributed by atoms with van der Waals surface area (Å²) in [5, 5.41) is 0.486. The van der Waals surface area contributed by atoms with Gasteiger partial charge in [0.25, 0.3) is 0 Å². The zero-order valence-electron chi connectivity index (χ0n) is 10.0. The predicted molar refractivity (Wildman–Crippen MR) is 63.7 cm³/mol. The Hall–Kier alpha value is 1.10. The van der Waals surface area contributed by atoms with Gasteiger partial charge in [0.1, 0.15) is 0 Å². The van der Waals surface area contributed by atoms with Gasteiger partial charge in [-0.1, -0.05) is 0 Å². The van der Waals surface area contributed by atoms with Crippen molar-refractivity contribution in [2.75, 3.05) is 0 Å². The normalized spacial score (nSPS) is 15.0. The molecule has 0 fully saturated rings. The second-order valence-electron chi connectivity index (χ2n) is 6.25. The third kappa shape index (κ3) is 4.37. The van der Waals surface area contributed by atoms with Gasteiger partial charge in [-0.2, -0.15) is 0 Å². The Morgan fingerprint density at radius 2 is 1.33 bits per heavy atom. The molecule has 0 amide bonds. The summed E-state index contributed by atoms with van der Waals surface area (Å²) in [4.78, 5) is 0. The average Bonchev–Trinajstić information content (AvgIpc) is 1.52. The van der Waals surface area contributed by atoms with Crippen LogP contribution in [0.3, 0.4) is 0 Å². The molecule has 1 nitrogen and oxygen atoms in total. The van der Waals surface area contributed by atoms with Crippen molar-refractivity contribution in [3.8, 4) is 0 Å². The fourth-order valence-electron chi connectivity index (χ4n) is 1.12. The molecule has 3 heteroatoms. The maximum absolute atomic E-state index is 4.00. The van der Waals surface area contributed by atoms with Crippen molar-refractivity contribution in [1.29, 1.82) is 0 Å². The maximum atomic E-state index is 4.00. The molecule has 0 saturated carbocycles. The fourth-order valence-corrected chi connectivity index (χ4v) is 29.6. The first kappa shape index (κ1) is 13.1. The van der Waals surface area contributed by atoms with E-state index in [4.69, 9.17) is 0 Å². The van der Waals surface area contributed by atoms with Gasteiger partial charge in [-0.05, 0) is 0 Å². The first-order valence-electron chi connectivity index (χ1n) is 4.75. The summed E-state index contributed by atoms with van der Waals surface area (Å²) in [7, 11) is -1.19. The summed E-state index contributed by atoms with van der Waals surface area (Å²) in [6, 6.07) is 0. The van der Waals surface area contributed by atoms with Crippen molar-refractivity contribution in [1.82, 2.24) is 2.79 Å². The molecule has 0 unspecified atom stereocenters. The van der Waals surface area contributed by atoms with Gasteiger partial charge in [-0.25, -0.2) is 0 Å². The number of hydrogen-bond acceptors (Lipinski definition) is 1. The molecule has 0 bridgehead atoms. The van der Waals surface area contributed by atoms with Gasteiger partial charge in [0, 0.05) is 0 Å². The molecular weight excluding hydrogens is 357 g/mol. The van der Waals surface area contributed by atoms with Crippen LogP contribution in [0.15, 0.2) is 0 Å². The second-order valence-corrected chi connectivity index (χ2v) is 31.7. The summed E-state index contributed by atoms with van der Waals surface area (Å²) in [6.45, 7) is 12.0. The monoisotopic (exact) mass is 383 g/mol. The third-order valence-corrected chi connectivity index (χ3v) is 23.7. The molecule has 0 spiro atoms. The van der Waals surface area contributed by atoms with E-state index in [1.165, 1.54) is 0 Å². The number of nitrogens with one attached hydrogen (secondary N) is 1. The molecule has 0 aromatic rings. The zero-order valence-corrected chi connectivity index (χ0v) is 14.9. The Kier molecular flexibility index (Phi) is 4.03. The van der Waals surface area contributed by atoms with E-state index in [0.29, 0.717) is 5.04 Å². The SMILES string of the molecule is CC(C)(C)[Si](C)(C)[NH][Pb]([CH3])([CH3])[CH3]. The molecule has 0 aliphatic heterocycles. The topological polar surface area (TPSA) is 12.0 Å². The molecule has 12 heavy (non-hydrogen) atoms. The number of hydrogen-bond donors (Lipinski definition) is 1. The van der Waals surface area contributed by atoms with Crippen LogP contribution in [0.5, 0.6) is 0 Å². The zero-order chi connectivity index (χ0) is 10.2. The van der Waals surface area contributed by atoms with E-state index >= 15 is 0 Å². The van der Waals surface area contributed by atoms with E-state index in [1.807, 2.05) is 0 Å². The van der Waals surface area contributed by atoms with Crippen molar-refractivity contribution >= 4 is 29.7 Å². The molecule has 0 radical (unpaired) electrons. The van der Waals surface area contributed by atoms with E-state index in [1.54, 1.807) is 0 Å². The molecule has 0 aromatic heterocycles. The standard InChI is InChI=1S/C6H16NSi.3CH3.Pb/c1-6(2,3)8(4,5)7;;;;/h7H,1-5H3;3*1H3;/q-1;;;;+1. The van der Waals surface area contributed by atoms with Crippen LogP contribution in [-0.2, 0) is 0 Å². The van der Waals surface area contributed by atoms with E-state index < -0.39 is 29.7 Å². The first-order chi connectivity index (χ1) is 4.96. The van der Waals surface area contributed by atoms with Crippen molar-refractivity contribution < 1.29 is 0 Å². The van der Waals surface area contributed by atoms with Crippen LogP contribution in [0.4, 0.5) is 0 Å². The molecule has 1 N–H and O–H groups in total. The number of rotatable bonds is 2. The predicted octanol–water partition coefficient (Wildman–Crippen LogP) is 3.42. The summed E-state index contributed by atoms with van der Waals surface area (Å²) in [5.41, 5.74) is 0. The van der Waals surface area contributed by atoms with Crippen LogP contribution in [0.25, 0.3) is 0 Å². The van der Waals surface area contributed by atoms with Crippen LogP contribution < -0.4 is 2.79 Å². The Morgan fingerprint density at radius 3 is 1.42 bits per heavy atom. The van der Waals surface area contributed by atoms with Crippen molar-refractivity contribution in [3.05, 3.63) is 0 Å². The molecule has 0 aliphatic carbocycles. The van der Waals surface area contributed by atoms with Gasteiger partial charge in [0.05, 0.1) is 0 Å². The van der Waals surface area contributed by atoms with E-state index in [-0.39, 0.29) is 0 Å². The van der Waals surface area contributed by atoms with Crippen molar-refractivity contribution in [2.45, 2.75) is 52.4 Å². The summed E-state index contributed by atoms with van der Waals surface area (Å²) in [6.07, 6.45) is 0. The molecule has 0 saturated heterocycles. The molecule has 0 aliphatic rings. The van der Waals surface area contributed by atoms with Crippen LogP contribution >= 0.6 is 0 Å². The molecule has 74 valence electrons. The van der Waals surface area contributed by atoms with Gasteiger partial charge in [-0.3, -0.25) is 0 Å². The Labute approximate surface area is 84.5 Å². The van der Waals surface area contributed by atoms with Gasteiger partial charge < -0.3 is 0 Å². The minimum atomic E-state index is -1.90. The molecule has 0 heterocycles. The Morgan fingerprint density at radius 1 is 1.00 bits per heavy atom. The molecule has 0 aromatic carbocycles. The van der Waals surface area contributed by atoms with Crippen LogP contribution in [0, 0.1) is 0 Å². The van der Waals surface area contributed by atoms with Gasteiger partial charge in [0.15, 0.2) is 0 Å². The third-order valence-electron chi connectivity index (χ3n) is 2.56. The fraction of sp³-hybridized carbons (Fsp3) is 1.00. The summed E-state index contributed by atoms with van der Waals surface area (Å²) >= 11 is -1.90. The molecular formula is C9H25NPbSi. The van der Waals surface area contributed by atoms with Crippen molar-refractivity contribution in [2.24, 2.45) is 0 Å². The van der Waals surface area contributed by atoms with Gasteiger partial charge >= 0.3 is 84.9 Å². The van der Waals surface area contributed by atoms with Crippen molar-refractivity contribution in [3.63, 3.8) is 0 Å². The van der Waals surface area contributed by atoms with Gasteiger partial charge in [0.2, 0.25) is 0 Å². The second kappa shape index (κ2) is 3.69. The first-order valence-corrected chi connectivity index (χ1v) is 21.4. The molecule has 0 atom stereocenters. The van der Waals surface area contributed by atoms with Crippen LogP contribution in [0.1, 0.15) is 20.8 Å². The molecule has 0 rings (SSSR count). The van der Waals surface area contributed by atoms with E-state index in [0.717, 1.165) is 0 Å². The van der Waals surface area contributed by atoms with E-state index in [9.17, 15) is 0 Å².